The number of benzene rings is 1. The van der Waals surface area contributed by atoms with E-state index in [1.54, 1.807) is 24.3 Å². The van der Waals surface area contributed by atoms with Gasteiger partial charge in [0.25, 0.3) is 20.2 Å². The molecule has 0 aromatic heterocycles. The summed E-state index contributed by atoms with van der Waals surface area (Å²) in [5.41, 5.74) is 0.403. The van der Waals surface area contributed by atoms with Crippen molar-refractivity contribution in [1.82, 2.24) is 4.90 Å². The molecule has 11 heteroatoms. The zero-order valence-corrected chi connectivity index (χ0v) is 39.5. The number of hydrogen-bond donors (Lipinski definition) is 0. The molecule has 1 aromatic rings. The van der Waals surface area contributed by atoms with Gasteiger partial charge >= 0.3 is 0 Å². The fourth-order valence-corrected chi connectivity index (χ4v) is 19.2. The molecule has 0 bridgehead atoms. The van der Waals surface area contributed by atoms with E-state index < -0.39 is 20.2 Å². The van der Waals surface area contributed by atoms with Crippen LogP contribution in [0.5, 0.6) is 0 Å². The molecule has 0 amide bonds. The third-order valence-corrected chi connectivity index (χ3v) is 23.5. The van der Waals surface area contributed by atoms with E-state index >= 15 is 0 Å². The quantitative estimate of drug-likeness (QED) is 0.257. The molecule has 1 aliphatic heterocycles. The van der Waals surface area contributed by atoms with Gasteiger partial charge in [-0.25, -0.2) is 0 Å². The number of nitrogens with zero attached hydrogens (tertiary/aromatic N) is 1. The summed E-state index contributed by atoms with van der Waals surface area (Å²) < 4.78 is 62.9. The van der Waals surface area contributed by atoms with Gasteiger partial charge in [0.05, 0.1) is 22.4 Å². The number of carbonyl (C=O) groups excluding carboxylic acids is 2. The lowest BCUT2D eigenvalue weighted by Crippen LogP contribution is -2.54. The summed E-state index contributed by atoms with van der Waals surface area (Å²) in [4.78, 5) is 27.6. The van der Waals surface area contributed by atoms with Gasteiger partial charge < -0.3 is 4.90 Å². The van der Waals surface area contributed by atoms with Gasteiger partial charge in [0.1, 0.15) is 11.6 Å². The summed E-state index contributed by atoms with van der Waals surface area (Å²) in [6, 6.07) is 8.50. The number of piperidine rings is 1. The minimum absolute atomic E-state index is 0.0627. The normalized spacial score (nSPS) is 45.3. The van der Waals surface area contributed by atoms with E-state index in [9.17, 15) is 26.4 Å². The number of ketones is 2. The minimum Gasteiger partial charge on any atom is -0.306 e. The highest BCUT2D eigenvalue weighted by atomic mass is 32.2. The van der Waals surface area contributed by atoms with E-state index in [2.05, 4.69) is 39.6 Å². The first-order valence-corrected chi connectivity index (χ1v) is 27.4. The fraction of sp³-hybridized carbons (Fsp3) is 0.840. The van der Waals surface area contributed by atoms with Crippen molar-refractivity contribution in [3.63, 3.8) is 0 Å². The van der Waals surface area contributed by atoms with Crippen LogP contribution in [0.2, 0.25) is 0 Å². The summed E-state index contributed by atoms with van der Waals surface area (Å²) >= 11 is 0. The topological polar surface area (TPSA) is 124 Å². The van der Waals surface area contributed by atoms with Crippen molar-refractivity contribution in [1.29, 1.82) is 0 Å². The first-order valence-electron chi connectivity index (χ1n) is 24.5. The van der Waals surface area contributed by atoms with Crippen molar-refractivity contribution < 1.29 is 34.8 Å². The zero-order valence-electron chi connectivity index (χ0n) is 37.8. The lowest BCUT2D eigenvalue weighted by Gasteiger charge is -2.60. The number of Topliss-reactive ketones (excluding diaryl/α,β-unsaturated/α-hetero) is 2. The fourth-order valence-electron chi connectivity index (χ4n) is 16.5. The lowest BCUT2D eigenvalue weighted by molar-refractivity contribution is -0.141. The van der Waals surface area contributed by atoms with Gasteiger partial charge in [-0.05, 0) is 206 Å². The molecule has 0 radical (unpaired) electrons. The molecule has 1 saturated heterocycles. The monoisotopic (exact) mass is 881 g/mol. The number of carbonyl (C=O) groups is 2. The molecule has 10 rings (SSSR count). The van der Waals surface area contributed by atoms with Gasteiger partial charge in [0, 0.05) is 23.7 Å². The molecule has 9 nitrogen and oxygen atoms in total. The number of likely N-dealkylation sites (tertiary alicyclic amines) is 1. The van der Waals surface area contributed by atoms with Gasteiger partial charge in [0.15, 0.2) is 0 Å². The third-order valence-electron chi connectivity index (χ3n) is 20.3. The van der Waals surface area contributed by atoms with Crippen LogP contribution in [0.1, 0.15) is 156 Å². The van der Waals surface area contributed by atoms with Crippen LogP contribution in [0.25, 0.3) is 0 Å². The van der Waals surface area contributed by atoms with Crippen molar-refractivity contribution >= 4 is 31.8 Å². The Labute approximate surface area is 367 Å². The number of rotatable bonds is 6. The van der Waals surface area contributed by atoms with E-state index in [4.69, 9.17) is 8.37 Å². The Balaban J connectivity index is 0.000000156. The average molecular weight is 882 g/mol. The van der Waals surface area contributed by atoms with Crippen LogP contribution >= 0.6 is 0 Å². The Bertz CT molecular complexity index is 2030. The second kappa shape index (κ2) is 16.3. The molecule has 14 unspecified atom stereocenters. The minimum atomic E-state index is -3.70. The van der Waals surface area contributed by atoms with Crippen LogP contribution < -0.4 is 0 Å². The molecule has 9 aliphatic rings. The predicted molar refractivity (Wildman–Crippen MR) is 236 cm³/mol. The summed E-state index contributed by atoms with van der Waals surface area (Å²) in [5.74, 6) is 5.96. The third kappa shape index (κ3) is 7.77. The molecular formula is C50H75NO8S2. The molecule has 14 atom stereocenters. The Morgan fingerprint density at radius 1 is 0.557 bits per heavy atom. The van der Waals surface area contributed by atoms with Crippen molar-refractivity contribution in [2.75, 3.05) is 20.1 Å². The van der Waals surface area contributed by atoms with Crippen molar-refractivity contribution in [2.24, 2.45) is 69.0 Å². The lowest BCUT2D eigenvalue weighted by atomic mass is 9.45. The van der Waals surface area contributed by atoms with Gasteiger partial charge in [-0.3, -0.25) is 18.0 Å². The maximum absolute atomic E-state index is 12.9. The van der Waals surface area contributed by atoms with E-state index in [1.165, 1.54) is 25.7 Å². The summed E-state index contributed by atoms with van der Waals surface area (Å²) in [7, 11) is -5.13. The molecule has 8 aliphatic carbocycles. The van der Waals surface area contributed by atoms with Crippen LogP contribution in [-0.2, 0) is 38.2 Å². The molecular weight excluding hydrogens is 807 g/mol. The van der Waals surface area contributed by atoms with E-state index in [-0.39, 0.29) is 44.0 Å². The molecule has 1 heterocycles. The van der Waals surface area contributed by atoms with Gasteiger partial charge in [-0.15, -0.1) is 0 Å². The Morgan fingerprint density at radius 2 is 1.03 bits per heavy atom. The molecule has 0 spiro atoms. The Hall–Kier alpha value is -1.66. The molecule has 9 fully saturated rings. The van der Waals surface area contributed by atoms with E-state index in [0.29, 0.717) is 71.8 Å². The molecule has 1 aromatic carbocycles. The summed E-state index contributed by atoms with van der Waals surface area (Å²) in [5, 5.41) is -0.330. The van der Waals surface area contributed by atoms with Gasteiger partial charge in [-0.1, -0.05) is 45.9 Å². The second-order valence-electron chi connectivity index (χ2n) is 22.9. The average Bonchev–Trinajstić information content (AvgIpc) is 3.71. The zero-order chi connectivity index (χ0) is 43.2. The van der Waals surface area contributed by atoms with Crippen LogP contribution in [0.3, 0.4) is 0 Å². The van der Waals surface area contributed by atoms with Crippen LogP contribution in [-0.4, -0.2) is 70.9 Å². The van der Waals surface area contributed by atoms with E-state index in [1.807, 2.05) is 6.07 Å². The van der Waals surface area contributed by atoms with Crippen molar-refractivity contribution in [2.45, 2.75) is 178 Å². The van der Waals surface area contributed by atoms with Crippen LogP contribution in [0.4, 0.5) is 0 Å². The number of fused-ring (bicyclic) bond motifs is 10. The maximum atomic E-state index is 12.9. The molecule has 340 valence electrons. The largest absolute Gasteiger partial charge is 0.306 e. The standard InChI is InChI=1S/C25H41NO4S.C25H34O4S/c1-24-12-8-18(30-31(28,29)19-10-14-26(3)15-11-19)16-17(24)4-5-20-21-6-7-23(27)25(21,2)13-9-22(20)24;1-24-14-12-18(29-30(27,28)19-6-4-3-5-7-19)16-17(24)8-9-20-21-10-11-23(26)25(21,2)15-13-22(20)24/h17-22H,4-16H2,1-3H3;3-7,17-18,20-22H,8-16H2,1-2H3. The summed E-state index contributed by atoms with van der Waals surface area (Å²) in [6.45, 7) is 11.1. The van der Waals surface area contributed by atoms with E-state index in [0.717, 1.165) is 103 Å². The molecule has 8 saturated carbocycles. The van der Waals surface area contributed by atoms with Crippen LogP contribution in [0, 0.1) is 69.0 Å². The highest BCUT2D eigenvalue weighted by molar-refractivity contribution is 7.87. The summed E-state index contributed by atoms with van der Waals surface area (Å²) in [6.07, 6.45) is 19.4. The number of hydrogen-bond acceptors (Lipinski definition) is 9. The van der Waals surface area contributed by atoms with Gasteiger partial charge in [-0.2, -0.15) is 16.8 Å². The van der Waals surface area contributed by atoms with Crippen molar-refractivity contribution in [3.8, 4) is 0 Å². The Morgan fingerprint density at radius 3 is 1.52 bits per heavy atom. The SMILES string of the molecule is CC12CCC3C(CCC4CC(OS(=O)(=O)c5ccccc5)CCC43C)C1CCC2=O.CN1CCC(S(=O)(=O)OC2CCC3(C)C(CCC4C5CCC(=O)C5(C)CCC43)C2)CC1. The maximum Gasteiger partial charge on any atom is 0.297 e. The molecule has 0 N–H and O–H groups in total. The highest BCUT2D eigenvalue weighted by Crippen LogP contribution is 2.67. The predicted octanol–water partition coefficient (Wildman–Crippen LogP) is 9.78. The second-order valence-corrected chi connectivity index (χ2v) is 26.3. The highest BCUT2D eigenvalue weighted by Gasteiger charge is 2.62. The first kappa shape index (κ1) is 44.5. The smallest absolute Gasteiger partial charge is 0.297 e. The van der Waals surface area contributed by atoms with Crippen molar-refractivity contribution in [3.05, 3.63) is 30.3 Å². The first-order chi connectivity index (χ1) is 28.9. The molecule has 61 heavy (non-hydrogen) atoms. The Kier molecular flexibility index (Phi) is 11.9. The van der Waals surface area contributed by atoms with Gasteiger partial charge in [0.2, 0.25) is 0 Å². The van der Waals surface area contributed by atoms with Crippen LogP contribution in [0.15, 0.2) is 35.2 Å².